The van der Waals surface area contributed by atoms with Crippen molar-refractivity contribution >= 4 is 21.7 Å². The van der Waals surface area contributed by atoms with Crippen LogP contribution in [0, 0.1) is 13.8 Å². The van der Waals surface area contributed by atoms with Crippen LogP contribution in [-0.4, -0.2) is 9.97 Å². The van der Waals surface area contributed by atoms with Crippen LogP contribution in [-0.2, 0) is 5.41 Å². The molecule has 2 nitrogen and oxygen atoms in total. The molecule has 2 heterocycles. The Morgan fingerprint density at radius 1 is 0.579 bits per heavy atom. The molecule has 4 aromatic carbocycles. The maximum Gasteiger partial charge on any atom is 0.0714 e. The number of rotatable bonds is 3. The molecule has 0 fully saturated rings. The number of nitrogens with zero attached hydrogens (tertiary/aromatic N) is 2. The van der Waals surface area contributed by atoms with Gasteiger partial charge in [0.05, 0.1) is 11.2 Å². The molecule has 6 aromatic rings. The van der Waals surface area contributed by atoms with Gasteiger partial charge in [-0.2, -0.15) is 0 Å². The summed E-state index contributed by atoms with van der Waals surface area (Å²) in [5.74, 6) is 0. The van der Waals surface area contributed by atoms with Gasteiger partial charge in [0.2, 0.25) is 0 Å². The van der Waals surface area contributed by atoms with E-state index in [-0.39, 0.29) is 5.41 Å². The van der Waals surface area contributed by atoms with Crippen molar-refractivity contribution in [1.29, 1.82) is 0 Å². The van der Waals surface area contributed by atoms with Crippen molar-refractivity contribution in [3.8, 4) is 33.5 Å². The van der Waals surface area contributed by atoms with E-state index in [1.165, 1.54) is 55.1 Å². The van der Waals surface area contributed by atoms with Crippen LogP contribution in [0.5, 0.6) is 0 Å². The highest BCUT2D eigenvalue weighted by Gasteiger charge is 2.19. The van der Waals surface area contributed by atoms with Gasteiger partial charge in [0, 0.05) is 23.3 Å². The molecule has 0 saturated carbocycles. The monoisotopic (exact) mass is 492 g/mol. The van der Waals surface area contributed by atoms with Gasteiger partial charge in [-0.15, -0.1) is 0 Å². The minimum absolute atomic E-state index is 0.000720. The zero-order valence-electron chi connectivity index (χ0n) is 22.7. The first-order valence-electron chi connectivity index (χ1n) is 13.2. The molecular formula is C36H32N2. The lowest BCUT2D eigenvalue weighted by atomic mass is 9.82. The van der Waals surface area contributed by atoms with Gasteiger partial charge in [0.25, 0.3) is 0 Å². The zero-order valence-corrected chi connectivity index (χ0v) is 22.7. The molecule has 186 valence electrons. The van der Waals surface area contributed by atoms with Crippen molar-refractivity contribution in [3.63, 3.8) is 0 Å². The molecule has 0 aliphatic carbocycles. The second-order valence-corrected chi connectivity index (χ2v) is 11.3. The predicted molar refractivity (Wildman–Crippen MR) is 162 cm³/mol. The summed E-state index contributed by atoms with van der Waals surface area (Å²) in [6.45, 7) is 11.2. The first-order chi connectivity index (χ1) is 18.3. The highest BCUT2D eigenvalue weighted by molar-refractivity contribution is 6.13. The first kappa shape index (κ1) is 24.1. The first-order valence-corrected chi connectivity index (χ1v) is 13.2. The second kappa shape index (κ2) is 9.22. The van der Waals surface area contributed by atoms with Gasteiger partial charge in [0.1, 0.15) is 0 Å². The van der Waals surface area contributed by atoms with E-state index < -0.39 is 0 Å². The van der Waals surface area contributed by atoms with Gasteiger partial charge in [-0.3, -0.25) is 9.97 Å². The molecule has 38 heavy (non-hydrogen) atoms. The molecule has 0 saturated heterocycles. The number of aryl methyl sites for hydroxylation is 2. The summed E-state index contributed by atoms with van der Waals surface area (Å²) in [6, 6.07) is 33.0. The van der Waals surface area contributed by atoms with Crippen molar-refractivity contribution in [2.75, 3.05) is 0 Å². The fourth-order valence-corrected chi connectivity index (χ4v) is 5.31. The Balaban J connectivity index is 1.62. The van der Waals surface area contributed by atoms with E-state index in [1.54, 1.807) is 0 Å². The minimum Gasteiger partial charge on any atom is -0.256 e. The average molecular weight is 493 g/mol. The smallest absolute Gasteiger partial charge is 0.0714 e. The van der Waals surface area contributed by atoms with Crippen LogP contribution < -0.4 is 0 Å². The van der Waals surface area contributed by atoms with Crippen molar-refractivity contribution in [2.24, 2.45) is 0 Å². The van der Waals surface area contributed by atoms with Gasteiger partial charge in [0.15, 0.2) is 0 Å². The molecule has 6 rings (SSSR count). The number of hydrogen-bond acceptors (Lipinski definition) is 2. The Morgan fingerprint density at radius 3 is 2.05 bits per heavy atom. The highest BCUT2D eigenvalue weighted by atomic mass is 14.7. The Morgan fingerprint density at radius 2 is 1.32 bits per heavy atom. The molecule has 0 aliphatic heterocycles. The fourth-order valence-electron chi connectivity index (χ4n) is 5.31. The van der Waals surface area contributed by atoms with Crippen molar-refractivity contribution in [2.45, 2.75) is 40.0 Å². The van der Waals surface area contributed by atoms with Crippen LogP contribution in [0.1, 0.15) is 37.5 Å². The molecule has 0 spiro atoms. The molecule has 0 radical (unpaired) electrons. The van der Waals surface area contributed by atoms with E-state index in [9.17, 15) is 0 Å². The lowest BCUT2D eigenvalue weighted by Gasteiger charge is -2.23. The van der Waals surface area contributed by atoms with E-state index in [2.05, 4.69) is 118 Å². The Bertz CT molecular complexity index is 1810. The van der Waals surface area contributed by atoms with Gasteiger partial charge in [-0.05, 0) is 105 Å². The lowest BCUT2D eigenvalue weighted by molar-refractivity contribution is 0.590. The lowest BCUT2D eigenvalue weighted by Crippen LogP contribution is -2.11. The third-order valence-electron chi connectivity index (χ3n) is 7.46. The highest BCUT2D eigenvalue weighted by Crippen LogP contribution is 2.40. The van der Waals surface area contributed by atoms with E-state index in [4.69, 9.17) is 4.98 Å². The second-order valence-electron chi connectivity index (χ2n) is 11.3. The quantitative estimate of drug-likeness (QED) is 0.230. The molecule has 2 heteroatoms. The largest absolute Gasteiger partial charge is 0.256 e. The van der Waals surface area contributed by atoms with Crippen LogP contribution in [0.3, 0.4) is 0 Å². The minimum atomic E-state index is -0.000720. The number of benzene rings is 4. The number of pyridine rings is 2. The van der Waals surface area contributed by atoms with Gasteiger partial charge in [-0.1, -0.05) is 75.4 Å². The topological polar surface area (TPSA) is 25.8 Å². The molecule has 0 unspecified atom stereocenters. The summed E-state index contributed by atoms with van der Waals surface area (Å²) in [5.41, 5.74) is 11.8. The van der Waals surface area contributed by atoms with Crippen molar-refractivity contribution in [3.05, 3.63) is 120 Å². The Kier molecular flexibility index (Phi) is 5.84. The number of hydrogen-bond donors (Lipinski definition) is 0. The van der Waals surface area contributed by atoms with Gasteiger partial charge >= 0.3 is 0 Å². The summed E-state index contributed by atoms with van der Waals surface area (Å²) in [5, 5.41) is 3.70. The van der Waals surface area contributed by atoms with Crippen molar-refractivity contribution < 1.29 is 0 Å². The molecule has 0 N–H and O–H groups in total. The number of aromatic nitrogens is 2. The van der Waals surface area contributed by atoms with Crippen LogP contribution in [0.4, 0.5) is 0 Å². The standard InChI is InChI=1S/C36H32N2/c1-23-16-33-30-11-7-6-10-29(30)32(21-35(33)38-22-23)27-17-26(18-28(19-27)36(3,4)5)31-20-25(14-13-24(31)2)34-12-8-9-15-37-34/h6-22H,1-5H3. The molecule has 0 aliphatic rings. The summed E-state index contributed by atoms with van der Waals surface area (Å²) < 4.78 is 0. The maximum atomic E-state index is 4.82. The number of fused-ring (bicyclic) bond motifs is 3. The molecule has 0 amide bonds. The molecule has 0 bridgehead atoms. The molecule has 0 atom stereocenters. The third-order valence-corrected chi connectivity index (χ3v) is 7.46. The fraction of sp³-hybridized carbons (Fsp3) is 0.167. The predicted octanol–water partition coefficient (Wildman–Crippen LogP) is 9.70. The van der Waals surface area contributed by atoms with Crippen LogP contribution in [0.2, 0.25) is 0 Å². The average Bonchev–Trinajstić information content (AvgIpc) is 2.93. The third kappa shape index (κ3) is 4.37. The SMILES string of the molecule is Cc1cnc2cc(-c3cc(-c4cc(-c5ccccn5)ccc4C)cc(C(C)(C)C)c3)c3ccccc3c2c1. The Labute approximate surface area is 225 Å². The normalized spacial score (nSPS) is 11.8. The maximum absolute atomic E-state index is 4.82. The van der Waals surface area contributed by atoms with E-state index in [1.807, 2.05) is 24.5 Å². The summed E-state index contributed by atoms with van der Waals surface area (Å²) in [4.78, 5) is 9.42. The molecule has 2 aromatic heterocycles. The van der Waals surface area contributed by atoms with E-state index in [0.29, 0.717) is 0 Å². The summed E-state index contributed by atoms with van der Waals surface area (Å²) in [7, 11) is 0. The van der Waals surface area contributed by atoms with Crippen molar-refractivity contribution in [1.82, 2.24) is 9.97 Å². The summed E-state index contributed by atoms with van der Waals surface area (Å²) in [6.07, 6.45) is 3.82. The van der Waals surface area contributed by atoms with Crippen LogP contribution >= 0.6 is 0 Å². The van der Waals surface area contributed by atoms with Gasteiger partial charge < -0.3 is 0 Å². The van der Waals surface area contributed by atoms with Crippen LogP contribution in [0.25, 0.3) is 55.2 Å². The summed E-state index contributed by atoms with van der Waals surface area (Å²) >= 11 is 0. The molecular weight excluding hydrogens is 460 g/mol. The zero-order chi connectivity index (χ0) is 26.4. The van der Waals surface area contributed by atoms with Crippen LogP contribution in [0.15, 0.2) is 103 Å². The van der Waals surface area contributed by atoms with E-state index in [0.717, 1.165) is 16.8 Å². The Hall–Kier alpha value is -4.30. The van der Waals surface area contributed by atoms with Gasteiger partial charge in [-0.25, -0.2) is 0 Å². The van der Waals surface area contributed by atoms with E-state index >= 15 is 0 Å².